The third kappa shape index (κ3) is 4.24. The van der Waals surface area contributed by atoms with Crippen LogP contribution in [0.5, 0.6) is 0 Å². The molecule has 0 spiro atoms. The van der Waals surface area contributed by atoms with E-state index in [1.165, 1.54) is 0 Å². The molecule has 0 atom stereocenters. The second kappa shape index (κ2) is 8.45. The van der Waals surface area contributed by atoms with E-state index in [-0.39, 0.29) is 0 Å². The molecule has 4 rings (SSSR count). The van der Waals surface area contributed by atoms with Crippen LogP contribution in [0.4, 0.5) is 22.7 Å². The van der Waals surface area contributed by atoms with Gasteiger partial charge in [0.2, 0.25) is 0 Å². The van der Waals surface area contributed by atoms with E-state index >= 15 is 0 Å². The smallest absolute Gasteiger partial charge is 0.0461 e. The average molecular weight is 368 g/mol. The van der Waals surface area contributed by atoms with Gasteiger partial charge < -0.3 is 10.2 Å². The van der Waals surface area contributed by atoms with Gasteiger partial charge in [-0.3, -0.25) is 0 Å². The van der Waals surface area contributed by atoms with Crippen LogP contribution in [0.2, 0.25) is 0 Å². The van der Waals surface area contributed by atoms with Crippen molar-refractivity contribution >= 4 is 22.7 Å². The molecule has 4 aromatic rings. The zero-order valence-corrected chi connectivity index (χ0v) is 15.5. The molecule has 0 heterocycles. The number of hydrogen-bond donors (Lipinski definition) is 1. The minimum atomic E-state index is -2.07. The van der Waals surface area contributed by atoms with E-state index in [4.69, 9.17) is 4.11 Å². The predicted molar refractivity (Wildman–Crippen MR) is 120 cm³/mol. The third-order valence-electron chi connectivity index (χ3n) is 4.60. The monoisotopic (exact) mass is 367 g/mol. The summed E-state index contributed by atoms with van der Waals surface area (Å²) >= 11 is 0. The first kappa shape index (κ1) is 14.5. The standard InChI is InChI=1S/C26H24N2/c1-21-12-16-23(17-13-21)27-20-22-14-18-26(19-15-22)28(24-8-4-2-5-9-24)25-10-6-3-7-11-25/h2-19,27H,20H2,1H3/i1D3. The summed E-state index contributed by atoms with van der Waals surface area (Å²) in [6.45, 7) is -1.41. The summed E-state index contributed by atoms with van der Waals surface area (Å²) in [4.78, 5) is 2.23. The molecule has 0 saturated heterocycles. The number of nitrogens with one attached hydrogen (secondary N) is 1. The molecule has 0 saturated carbocycles. The van der Waals surface area contributed by atoms with Crippen LogP contribution < -0.4 is 10.2 Å². The number of nitrogens with zero attached hydrogens (tertiary/aromatic N) is 1. The Hall–Kier alpha value is -3.52. The van der Waals surface area contributed by atoms with Crippen LogP contribution in [0.1, 0.15) is 15.2 Å². The summed E-state index contributed by atoms with van der Waals surface area (Å²) in [5, 5.41) is 3.35. The second-order valence-electron chi connectivity index (χ2n) is 6.60. The van der Waals surface area contributed by atoms with Crippen molar-refractivity contribution in [1.29, 1.82) is 0 Å². The Bertz CT molecular complexity index is 1050. The van der Waals surface area contributed by atoms with Crippen molar-refractivity contribution in [2.75, 3.05) is 10.2 Å². The third-order valence-corrected chi connectivity index (χ3v) is 4.60. The maximum Gasteiger partial charge on any atom is 0.0461 e. The zero-order chi connectivity index (χ0) is 21.7. The molecular weight excluding hydrogens is 340 g/mol. The molecule has 0 radical (unpaired) electrons. The van der Waals surface area contributed by atoms with Gasteiger partial charge >= 0.3 is 0 Å². The highest BCUT2D eigenvalue weighted by atomic mass is 15.1. The minimum Gasteiger partial charge on any atom is -0.381 e. The molecule has 0 fully saturated rings. The summed E-state index contributed by atoms with van der Waals surface area (Å²) in [6, 6.07) is 36.0. The molecule has 4 aromatic carbocycles. The van der Waals surface area contributed by atoms with Gasteiger partial charge in [0.1, 0.15) is 0 Å². The quantitative estimate of drug-likeness (QED) is 0.392. The van der Waals surface area contributed by atoms with Crippen LogP contribution in [-0.2, 0) is 6.54 Å². The number of benzene rings is 4. The largest absolute Gasteiger partial charge is 0.381 e. The van der Waals surface area contributed by atoms with Gasteiger partial charge in [-0.05, 0) is 60.9 Å². The first-order valence-electron chi connectivity index (χ1n) is 10.8. The SMILES string of the molecule is [2H]C([2H])([2H])c1ccc(NCc2ccc(N(c3ccccc3)c3ccccc3)cc2)cc1. The minimum absolute atomic E-state index is 0.351. The number of anilines is 4. The number of para-hydroxylation sites is 2. The van der Waals surface area contributed by atoms with Crippen molar-refractivity contribution in [2.24, 2.45) is 0 Å². The van der Waals surface area contributed by atoms with Crippen molar-refractivity contribution in [2.45, 2.75) is 13.4 Å². The maximum atomic E-state index is 7.47. The molecule has 0 bridgehead atoms. The van der Waals surface area contributed by atoms with Crippen molar-refractivity contribution in [3.63, 3.8) is 0 Å². The zero-order valence-electron chi connectivity index (χ0n) is 18.5. The van der Waals surface area contributed by atoms with Gasteiger partial charge in [-0.1, -0.05) is 66.2 Å². The Morgan fingerprint density at radius 3 is 1.71 bits per heavy atom. The molecule has 1 N–H and O–H groups in total. The van der Waals surface area contributed by atoms with Gasteiger partial charge in [0, 0.05) is 33.4 Å². The highest BCUT2D eigenvalue weighted by Crippen LogP contribution is 2.34. The lowest BCUT2D eigenvalue weighted by atomic mass is 10.1. The summed E-state index contributed by atoms with van der Waals surface area (Å²) in [5.41, 5.74) is 5.69. The summed E-state index contributed by atoms with van der Waals surface area (Å²) in [6.07, 6.45) is 0. The molecule has 2 nitrogen and oxygen atoms in total. The van der Waals surface area contributed by atoms with E-state index in [1.54, 1.807) is 12.1 Å². The van der Waals surface area contributed by atoms with Crippen molar-refractivity contribution in [3.8, 4) is 0 Å². The Kier molecular flexibility index (Phi) is 4.38. The van der Waals surface area contributed by atoms with Crippen LogP contribution in [0.3, 0.4) is 0 Å². The summed E-state index contributed by atoms with van der Waals surface area (Å²) < 4.78 is 22.4. The fourth-order valence-electron chi connectivity index (χ4n) is 3.16. The Balaban J connectivity index is 1.50. The molecule has 2 heteroatoms. The molecule has 138 valence electrons. The van der Waals surface area contributed by atoms with Crippen LogP contribution in [-0.4, -0.2) is 0 Å². The first-order valence-corrected chi connectivity index (χ1v) is 9.34. The van der Waals surface area contributed by atoms with Gasteiger partial charge in [0.15, 0.2) is 0 Å². The van der Waals surface area contributed by atoms with Gasteiger partial charge in [0.25, 0.3) is 0 Å². The van der Waals surface area contributed by atoms with E-state index < -0.39 is 6.85 Å². The van der Waals surface area contributed by atoms with Crippen LogP contribution in [0.15, 0.2) is 109 Å². The lowest BCUT2D eigenvalue weighted by Crippen LogP contribution is -2.09. The summed E-state index contributed by atoms with van der Waals surface area (Å²) in [5.74, 6) is 0. The average Bonchev–Trinajstić information content (AvgIpc) is 2.80. The number of rotatable bonds is 6. The second-order valence-corrected chi connectivity index (χ2v) is 6.60. The van der Waals surface area contributed by atoms with Crippen molar-refractivity contribution in [1.82, 2.24) is 0 Å². The molecular formula is C26H24N2. The topological polar surface area (TPSA) is 15.3 Å². The molecule has 0 aromatic heterocycles. The van der Waals surface area contributed by atoms with Gasteiger partial charge in [-0.15, -0.1) is 0 Å². The summed E-state index contributed by atoms with van der Waals surface area (Å²) in [7, 11) is 0. The lowest BCUT2D eigenvalue weighted by molar-refractivity contribution is 1.14. The van der Waals surface area contributed by atoms with Crippen LogP contribution >= 0.6 is 0 Å². The van der Waals surface area contributed by atoms with Crippen LogP contribution in [0.25, 0.3) is 0 Å². The lowest BCUT2D eigenvalue weighted by Gasteiger charge is -2.25. The number of hydrogen-bond acceptors (Lipinski definition) is 2. The molecule has 0 amide bonds. The van der Waals surface area contributed by atoms with E-state index in [0.29, 0.717) is 12.1 Å². The Morgan fingerprint density at radius 2 is 1.18 bits per heavy atom. The van der Waals surface area contributed by atoms with Gasteiger partial charge in [0.05, 0.1) is 0 Å². The normalized spacial score (nSPS) is 12.5. The van der Waals surface area contributed by atoms with Gasteiger partial charge in [-0.25, -0.2) is 0 Å². The molecule has 28 heavy (non-hydrogen) atoms. The molecule has 0 aliphatic heterocycles. The molecule has 0 aliphatic carbocycles. The Morgan fingerprint density at radius 1 is 0.643 bits per heavy atom. The van der Waals surface area contributed by atoms with Gasteiger partial charge in [-0.2, -0.15) is 0 Å². The highest BCUT2D eigenvalue weighted by molar-refractivity contribution is 5.76. The first-order chi connectivity index (χ1) is 15.0. The maximum absolute atomic E-state index is 7.47. The highest BCUT2D eigenvalue weighted by Gasteiger charge is 2.11. The van der Waals surface area contributed by atoms with Crippen molar-refractivity contribution < 1.29 is 4.11 Å². The fourth-order valence-corrected chi connectivity index (χ4v) is 3.16. The molecule has 0 aliphatic rings. The van der Waals surface area contributed by atoms with Crippen molar-refractivity contribution in [3.05, 3.63) is 120 Å². The predicted octanol–water partition coefficient (Wildman–Crippen LogP) is 7.08. The van der Waals surface area contributed by atoms with E-state index in [1.807, 2.05) is 48.5 Å². The van der Waals surface area contributed by atoms with E-state index in [9.17, 15) is 0 Å². The Labute approximate surface area is 171 Å². The number of aryl methyl sites for hydroxylation is 1. The van der Waals surface area contributed by atoms with E-state index in [0.717, 1.165) is 28.3 Å². The fraction of sp³-hybridized carbons (Fsp3) is 0.0769. The van der Waals surface area contributed by atoms with E-state index in [2.05, 4.69) is 58.7 Å². The molecule has 0 unspecified atom stereocenters. The van der Waals surface area contributed by atoms with Crippen LogP contribution in [0, 0.1) is 6.85 Å².